The number of carbonyl (C=O) groups excluding carboxylic acids is 1. The molecule has 1 fully saturated rings. The van der Waals surface area contributed by atoms with Crippen molar-refractivity contribution in [1.82, 2.24) is 10.3 Å². The highest BCUT2D eigenvalue weighted by molar-refractivity contribution is 6.34. The molecule has 1 heterocycles. The monoisotopic (exact) mass is 302 g/mol. The molecule has 1 N–H and O–H groups in total. The van der Waals surface area contributed by atoms with Gasteiger partial charge in [0.2, 0.25) is 0 Å². The van der Waals surface area contributed by atoms with Crippen LogP contribution in [-0.4, -0.2) is 16.9 Å². The minimum Gasteiger partial charge on any atom is -0.348 e. The van der Waals surface area contributed by atoms with Crippen molar-refractivity contribution in [2.45, 2.75) is 33.7 Å². The third-order valence-corrected chi connectivity index (χ3v) is 5.59. The molecule has 3 rings (SSSR count). The van der Waals surface area contributed by atoms with Crippen molar-refractivity contribution >= 4 is 28.3 Å². The number of halogens is 1. The van der Waals surface area contributed by atoms with E-state index in [1.165, 1.54) is 0 Å². The van der Waals surface area contributed by atoms with Gasteiger partial charge in [-0.2, -0.15) is 0 Å². The lowest BCUT2D eigenvalue weighted by Gasteiger charge is -2.10. The average molecular weight is 303 g/mol. The van der Waals surface area contributed by atoms with E-state index in [4.69, 9.17) is 11.6 Å². The number of benzene rings is 1. The first-order valence-electron chi connectivity index (χ1n) is 7.11. The van der Waals surface area contributed by atoms with E-state index in [1.54, 1.807) is 6.20 Å². The molecule has 1 saturated carbocycles. The third-order valence-electron chi connectivity index (χ3n) is 5.29. The smallest absolute Gasteiger partial charge is 0.253 e. The van der Waals surface area contributed by atoms with Crippen molar-refractivity contribution < 1.29 is 4.79 Å². The SMILES string of the molecule is CC1(C)C(NC(=O)c2cnc(Cl)c3ccccc23)C1(C)C. The lowest BCUT2D eigenvalue weighted by molar-refractivity contribution is 0.0945. The van der Waals surface area contributed by atoms with Crippen LogP contribution in [0, 0.1) is 10.8 Å². The molecule has 110 valence electrons. The number of amides is 1. The van der Waals surface area contributed by atoms with Crippen LogP contribution < -0.4 is 5.32 Å². The summed E-state index contributed by atoms with van der Waals surface area (Å²) in [5.41, 5.74) is 0.796. The van der Waals surface area contributed by atoms with Gasteiger partial charge < -0.3 is 5.32 Å². The zero-order chi connectivity index (χ0) is 15.4. The van der Waals surface area contributed by atoms with E-state index in [1.807, 2.05) is 24.3 Å². The summed E-state index contributed by atoms with van der Waals surface area (Å²) in [6.45, 7) is 8.71. The van der Waals surface area contributed by atoms with Gasteiger partial charge in [-0.05, 0) is 16.2 Å². The molecule has 2 aromatic rings. The Labute approximate surface area is 129 Å². The van der Waals surface area contributed by atoms with E-state index in [2.05, 4.69) is 38.0 Å². The van der Waals surface area contributed by atoms with Gasteiger partial charge in [0, 0.05) is 17.6 Å². The number of nitrogens with one attached hydrogen (secondary N) is 1. The lowest BCUT2D eigenvalue weighted by atomic mass is 10.0. The molecule has 21 heavy (non-hydrogen) atoms. The number of hydrogen-bond acceptors (Lipinski definition) is 2. The zero-order valence-corrected chi connectivity index (χ0v) is 13.5. The maximum absolute atomic E-state index is 12.6. The van der Waals surface area contributed by atoms with Gasteiger partial charge in [-0.15, -0.1) is 0 Å². The van der Waals surface area contributed by atoms with Crippen molar-refractivity contribution in [3.63, 3.8) is 0 Å². The molecule has 1 aliphatic rings. The Balaban J connectivity index is 1.95. The summed E-state index contributed by atoms with van der Waals surface area (Å²) in [4.78, 5) is 16.7. The van der Waals surface area contributed by atoms with Crippen LogP contribution in [0.5, 0.6) is 0 Å². The van der Waals surface area contributed by atoms with Crippen molar-refractivity contribution in [1.29, 1.82) is 0 Å². The second-order valence-corrected chi connectivity index (χ2v) is 7.22. The molecular formula is C17H19ClN2O. The predicted molar refractivity (Wildman–Crippen MR) is 85.6 cm³/mol. The van der Waals surface area contributed by atoms with E-state index in [-0.39, 0.29) is 22.8 Å². The van der Waals surface area contributed by atoms with Gasteiger partial charge >= 0.3 is 0 Å². The van der Waals surface area contributed by atoms with Crippen LogP contribution in [0.15, 0.2) is 30.5 Å². The third kappa shape index (κ3) is 2.03. The van der Waals surface area contributed by atoms with Gasteiger partial charge in [0.15, 0.2) is 0 Å². The van der Waals surface area contributed by atoms with Gasteiger partial charge in [0.25, 0.3) is 5.91 Å². The fourth-order valence-corrected chi connectivity index (χ4v) is 3.32. The van der Waals surface area contributed by atoms with E-state index in [9.17, 15) is 4.79 Å². The van der Waals surface area contributed by atoms with Crippen LogP contribution in [-0.2, 0) is 0 Å². The van der Waals surface area contributed by atoms with Crippen molar-refractivity contribution in [3.8, 4) is 0 Å². The molecule has 0 saturated heterocycles. The number of rotatable bonds is 2. The molecule has 0 atom stereocenters. The predicted octanol–water partition coefficient (Wildman–Crippen LogP) is 4.05. The Morgan fingerprint density at radius 3 is 2.29 bits per heavy atom. The van der Waals surface area contributed by atoms with Crippen LogP contribution in [0.3, 0.4) is 0 Å². The van der Waals surface area contributed by atoms with Gasteiger partial charge in [-0.25, -0.2) is 4.98 Å². The van der Waals surface area contributed by atoms with E-state index < -0.39 is 0 Å². The van der Waals surface area contributed by atoms with Crippen LogP contribution >= 0.6 is 11.6 Å². The fourth-order valence-electron chi connectivity index (χ4n) is 3.11. The molecule has 1 aromatic heterocycles. The summed E-state index contributed by atoms with van der Waals surface area (Å²) < 4.78 is 0. The van der Waals surface area contributed by atoms with Crippen LogP contribution in [0.4, 0.5) is 0 Å². The summed E-state index contributed by atoms with van der Waals surface area (Å²) in [5, 5.41) is 5.21. The normalized spacial score (nSPS) is 19.5. The Morgan fingerprint density at radius 2 is 1.71 bits per heavy atom. The van der Waals surface area contributed by atoms with Crippen molar-refractivity contribution in [3.05, 3.63) is 41.2 Å². The summed E-state index contributed by atoms with van der Waals surface area (Å²) in [5.74, 6) is -0.0842. The number of carbonyl (C=O) groups is 1. The second kappa shape index (κ2) is 4.44. The minimum absolute atomic E-state index is 0.0842. The van der Waals surface area contributed by atoms with Gasteiger partial charge in [0.05, 0.1) is 5.56 Å². The van der Waals surface area contributed by atoms with Gasteiger partial charge in [0.1, 0.15) is 5.15 Å². The molecule has 1 aromatic carbocycles. The molecule has 4 heteroatoms. The summed E-state index contributed by atoms with van der Waals surface area (Å²) in [6.07, 6.45) is 1.56. The largest absolute Gasteiger partial charge is 0.348 e. The Morgan fingerprint density at radius 1 is 1.14 bits per heavy atom. The highest BCUT2D eigenvalue weighted by Crippen LogP contribution is 2.62. The van der Waals surface area contributed by atoms with Crippen LogP contribution in [0.2, 0.25) is 5.15 Å². The minimum atomic E-state index is -0.0842. The molecule has 1 aliphatic carbocycles. The van der Waals surface area contributed by atoms with Crippen molar-refractivity contribution in [2.75, 3.05) is 0 Å². The Hall–Kier alpha value is -1.61. The summed E-state index contributed by atoms with van der Waals surface area (Å²) in [7, 11) is 0. The van der Waals surface area contributed by atoms with Gasteiger partial charge in [-0.1, -0.05) is 63.6 Å². The maximum atomic E-state index is 12.6. The quantitative estimate of drug-likeness (QED) is 0.850. The highest BCUT2D eigenvalue weighted by Gasteiger charge is 2.65. The summed E-state index contributed by atoms with van der Waals surface area (Å²) >= 11 is 6.10. The number of nitrogens with zero attached hydrogens (tertiary/aromatic N) is 1. The van der Waals surface area contributed by atoms with E-state index >= 15 is 0 Å². The summed E-state index contributed by atoms with van der Waals surface area (Å²) in [6, 6.07) is 7.76. The first-order chi connectivity index (χ1) is 9.76. The highest BCUT2D eigenvalue weighted by atomic mass is 35.5. The molecule has 1 amide bonds. The second-order valence-electron chi connectivity index (χ2n) is 6.86. The topological polar surface area (TPSA) is 42.0 Å². The number of hydrogen-bond donors (Lipinski definition) is 1. The maximum Gasteiger partial charge on any atom is 0.253 e. The van der Waals surface area contributed by atoms with Crippen LogP contribution in [0.25, 0.3) is 10.8 Å². The van der Waals surface area contributed by atoms with Crippen LogP contribution in [0.1, 0.15) is 38.1 Å². The van der Waals surface area contributed by atoms with E-state index in [0.717, 1.165) is 10.8 Å². The number of fused-ring (bicyclic) bond motifs is 1. The molecular weight excluding hydrogens is 284 g/mol. The molecule has 0 unspecified atom stereocenters. The number of pyridine rings is 1. The first-order valence-corrected chi connectivity index (χ1v) is 7.48. The van der Waals surface area contributed by atoms with Gasteiger partial charge in [-0.3, -0.25) is 4.79 Å². The Bertz CT molecular complexity index is 723. The average Bonchev–Trinajstić information content (AvgIpc) is 2.82. The zero-order valence-electron chi connectivity index (χ0n) is 12.7. The molecule has 0 bridgehead atoms. The van der Waals surface area contributed by atoms with Crippen molar-refractivity contribution in [2.24, 2.45) is 10.8 Å². The molecule has 0 spiro atoms. The molecule has 0 aliphatic heterocycles. The first kappa shape index (κ1) is 14.3. The van der Waals surface area contributed by atoms with E-state index in [0.29, 0.717) is 10.7 Å². The lowest BCUT2D eigenvalue weighted by Crippen LogP contribution is -2.30. The standard InChI is InChI=1S/C17H19ClN2O/c1-16(2)15(17(16,3)4)20-14(21)12-9-19-13(18)11-8-6-5-7-10(11)12/h5-9,15H,1-4H3,(H,20,21). The fraction of sp³-hybridized carbons (Fsp3) is 0.412. The Kier molecular flexibility index (Phi) is 3.03. The molecule has 3 nitrogen and oxygen atoms in total. The molecule has 0 radical (unpaired) electrons. The number of aromatic nitrogens is 1.